The monoisotopic (exact) mass is 258 g/mol. The summed E-state index contributed by atoms with van der Waals surface area (Å²) in [5, 5.41) is 2.58. The molecule has 0 bridgehead atoms. The Morgan fingerprint density at radius 2 is 1.94 bits per heavy atom. The first-order valence-corrected chi connectivity index (χ1v) is 7.11. The average Bonchev–Trinajstić information content (AvgIpc) is 2.81. The van der Waals surface area contributed by atoms with Gasteiger partial charge in [0.2, 0.25) is 0 Å². The Labute approximate surface area is 112 Å². The molecule has 0 aliphatic rings. The van der Waals surface area contributed by atoms with Crippen molar-refractivity contribution in [2.75, 3.05) is 5.73 Å². The predicted molar refractivity (Wildman–Crippen MR) is 80.7 cm³/mol. The Bertz CT molecular complexity index is 555. The van der Waals surface area contributed by atoms with E-state index in [1.54, 1.807) is 0 Å². The third kappa shape index (κ3) is 2.99. The molecule has 2 rings (SSSR count). The van der Waals surface area contributed by atoms with Gasteiger partial charge < -0.3 is 5.73 Å². The Morgan fingerprint density at radius 1 is 1.17 bits per heavy atom. The second-order valence-electron chi connectivity index (χ2n) is 4.18. The molecule has 0 aliphatic carbocycles. The lowest BCUT2D eigenvalue weighted by atomic mass is 10.00. The van der Waals surface area contributed by atoms with Gasteiger partial charge in [0, 0.05) is 5.38 Å². The summed E-state index contributed by atoms with van der Waals surface area (Å²) in [6, 6.07) is 6.63. The lowest BCUT2D eigenvalue weighted by Gasteiger charge is -2.06. The first kappa shape index (κ1) is 12.8. The van der Waals surface area contributed by atoms with E-state index in [4.69, 9.17) is 5.73 Å². The molecule has 1 aromatic heterocycles. The van der Waals surface area contributed by atoms with Gasteiger partial charge in [0.15, 0.2) is 5.13 Å². The van der Waals surface area contributed by atoms with Gasteiger partial charge in [-0.25, -0.2) is 4.98 Å². The maximum Gasteiger partial charge on any atom is 0.180 e. The highest BCUT2D eigenvalue weighted by atomic mass is 32.1. The Hall–Kier alpha value is -1.61. The van der Waals surface area contributed by atoms with E-state index >= 15 is 0 Å². The number of hydrogen-bond donors (Lipinski definition) is 1. The topological polar surface area (TPSA) is 38.9 Å². The summed E-state index contributed by atoms with van der Waals surface area (Å²) in [5.41, 5.74) is 10.6. The highest BCUT2D eigenvalue weighted by molar-refractivity contribution is 7.13. The first-order valence-electron chi connectivity index (χ1n) is 6.23. The third-order valence-corrected chi connectivity index (χ3v) is 3.67. The molecular weight excluding hydrogens is 240 g/mol. The maximum atomic E-state index is 5.60. The van der Waals surface area contributed by atoms with Crippen LogP contribution in [0.4, 0.5) is 5.13 Å². The summed E-state index contributed by atoms with van der Waals surface area (Å²) in [6.07, 6.45) is 6.27. The molecule has 18 heavy (non-hydrogen) atoms. The fraction of sp³-hybridized carbons (Fsp3) is 0.267. The van der Waals surface area contributed by atoms with Crippen LogP contribution in [0.1, 0.15) is 36.2 Å². The number of anilines is 1. The molecule has 0 saturated carbocycles. The first-order chi connectivity index (χ1) is 8.72. The minimum absolute atomic E-state index is 0.616. The zero-order chi connectivity index (χ0) is 13.0. The molecule has 2 aromatic rings. The van der Waals surface area contributed by atoms with Crippen molar-refractivity contribution in [1.82, 2.24) is 4.98 Å². The van der Waals surface area contributed by atoms with E-state index in [0.717, 1.165) is 18.5 Å². The predicted octanol–water partition coefficient (Wildman–Crippen LogP) is 4.02. The van der Waals surface area contributed by atoms with Gasteiger partial charge in [-0.15, -0.1) is 11.3 Å². The van der Waals surface area contributed by atoms with Gasteiger partial charge in [0.05, 0.1) is 5.69 Å². The second-order valence-corrected chi connectivity index (χ2v) is 5.07. The maximum absolute atomic E-state index is 5.60. The summed E-state index contributed by atoms with van der Waals surface area (Å²) in [6.45, 7) is 4.39. The quantitative estimate of drug-likeness (QED) is 0.899. The molecule has 2 nitrogen and oxygen atoms in total. The molecule has 0 fully saturated rings. The number of thiazole rings is 1. The van der Waals surface area contributed by atoms with Crippen molar-refractivity contribution in [3.8, 4) is 0 Å². The molecule has 3 heteroatoms. The van der Waals surface area contributed by atoms with Gasteiger partial charge >= 0.3 is 0 Å². The van der Waals surface area contributed by atoms with Gasteiger partial charge in [0.25, 0.3) is 0 Å². The van der Waals surface area contributed by atoms with Crippen LogP contribution in [0.3, 0.4) is 0 Å². The molecule has 0 aliphatic heterocycles. The summed E-state index contributed by atoms with van der Waals surface area (Å²) < 4.78 is 0. The standard InChI is InChI=1S/C15H18N2S/c1-3-12-7-5-11(9-13(12)4-2)6-8-14-10-18-15(16)17-14/h5-10H,3-4H2,1-2H3,(H2,16,17)/b8-6+. The molecular formula is C15H18N2S. The largest absolute Gasteiger partial charge is 0.375 e. The smallest absolute Gasteiger partial charge is 0.180 e. The zero-order valence-electron chi connectivity index (χ0n) is 10.8. The number of hydrogen-bond acceptors (Lipinski definition) is 3. The molecule has 0 spiro atoms. The minimum Gasteiger partial charge on any atom is -0.375 e. The van der Waals surface area contributed by atoms with Gasteiger partial charge in [0.1, 0.15) is 0 Å². The molecule has 2 N–H and O–H groups in total. The van der Waals surface area contributed by atoms with Crippen molar-refractivity contribution in [3.63, 3.8) is 0 Å². The fourth-order valence-electron chi connectivity index (χ4n) is 1.98. The van der Waals surface area contributed by atoms with Crippen LogP contribution in [0, 0.1) is 0 Å². The van der Waals surface area contributed by atoms with Crippen LogP contribution in [0.25, 0.3) is 12.2 Å². The number of aryl methyl sites for hydroxylation is 2. The van der Waals surface area contributed by atoms with Crippen molar-refractivity contribution >= 4 is 28.6 Å². The number of aromatic nitrogens is 1. The van der Waals surface area contributed by atoms with E-state index in [0.29, 0.717) is 5.13 Å². The van der Waals surface area contributed by atoms with E-state index in [1.165, 1.54) is 28.0 Å². The number of rotatable bonds is 4. The molecule has 1 heterocycles. The van der Waals surface area contributed by atoms with E-state index in [2.05, 4.69) is 43.1 Å². The fourth-order valence-corrected chi connectivity index (χ4v) is 2.51. The number of nitrogen functional groups attached to an aromatic ring is 1. The number of benzene rings is 1. The summed E-state index contributed by atoms with van der Waals surface area (Å²) in [7, 11) is 0. The van der Waals surface area contributed by atoms with Crippen LogP contribution in [-0.4, -0.2) is 4.98 Å². The summed E-state index contributed by atoms with van der Waals surface area (Å²) in [5.74, 6) is 0. The van der Waals surface area contributed by atoms with Crippen LogP contribution in [-0.2, 0) is 12.8 Å². The SMILES string of the molecule is CCc1ccc(/C=C/c2csc(N)n2)cc1CC. The average molecular weight is 258 g/mol. The molecule has 0 amide bonds. The van der Waals surface area contributed by atoms with Crippen molar-refractivity contribution in [2.24, 2.45) is 0 Å². The molecule has 0 radical (unpaired) electrons. The summed E-state index contributed by atoms with van der Waals surface area (Å²) >= 11 is 1.47. The van der Waals surface area contributed by atoms with Gasteiger partial charge in [-0.2, -0.15) is 0 Å². The molecule has 94 valence electrons. The number of nitrogens with zero attached hydrogens (tertiary/aromatic N) is 1. The van der Waals surface area contributed by atoms with E-state index < -0.39 is 0 Å². The Kier molecular flexibility index (Phi) is 4.15. The van der Waals surface area contributed by atoms with E-state index in [-0.39, 0.29) is 0 Å². The van der Waals surface area contributed by atoms with Crippen molar-refractivity contribution < 1.29 is 0 Å². The van der Waals surface area contributed by atoms with Gasteiger partial charge in [-0.1, -0.05) is 38.1 Å². The van der Waals surface area contributed by atoms with E-state index in [9.17, 15) is 0 Å². The van der Waals surface area contributed by atoms with Crippen LogP contribution in [0.2, 0.25) is 0 Å². The highest BCUT2D eigenvalue weighted by Crippen LogP contribution is 2.17. The molecule has 0 unspecified atom stereocenters. The Balaban J connectivity index is 2.21. The lowest BCUT2D eigenvalue weighted by molar-refractivity contribution is 1.04. The normalized spacial score (nSPS) is 11.2. The lowest BCUT2D eigenvalue weighted by Crippen LogP contribution is -1.91. The third-order valence-electron chi connectivity index (χ3n) is 2.98. The van der Waals surface area contributed by atoms with Gasteiger partial charge in [-0.3, -0.25) is 0 Å². The van der Waals surface area contributed by atoms with Crippen LogP contribution in [0.5, 0.6) is 0 Å². The zero-order valence-corrected chi connectivity index (χ0v) is 11.6. The molecule has 1 aromatic carbocycles. The van der Waals surface area contributed by atoms with Crippen molar-refractivity contribution in [3.05, 3.63) is 46.0 Å². The van der Waals surface area contributed by atoms with Crippen LogP contribution < -0.4 is 5.73 Å². The highest BCUT2D eigenvalue weighted by Gasteiger charge is 1.99. The summed E-state index contributed by atoms with van der Waals surface area (Å²) in [4.78, 5) is 4.21. The minimum atomic E-state index is 0.616. The van der Waals surface area contributed by atoms with E-state index in [1.807, 2.05) is 11.5 Å². The molecule has 0 saturated heterocycles. The van der Waals surface area contributed by atoms with Gasteiger partial charge in [-0.05, 0) is 35.6 Å². The van der Waals surface area contributed by atoms with Crippen LogP contribution in [0.15, 0.2) is 23.6 Å². The van der Waals surface area contributed by atoms with Crippen molar-refractivity contribution in [1.29, 1.82) is 0 Å². The second kappa shape index (κ2) is 5.83. The number of nitrogens with two attached hydrogens (primary N) is 1. The Morgan fingerprint density at radius 3 is 2.56 bits per heavy atom. The van der Waals surface area contributed by atoms with Crippen molar-refractivity contribution in [2.45, 2.75) is 26.7 Å². The van der Waals surface area contributed by atoms with Crippen LogP contribution >= 0.6 is 11.3 Å². The molecule has 0 atom stereocenters.